The summed E-state index contributed by atoms with van der Waals surface area (Å²) < 4.78 is 0. The molecule has 0 aliphatic carbocycles. The molecule has 1 heterocycles. The lowest BCUT2D eigenvalue weighted by atomic mass is 10.0. The van der Waals surface area contributed by atoms with Crippen LogP contribution in [0.2, 0.25) is 0 Å². The molecule has 0 amide bonds. The minimum atomic E-state index is -0.691. The molecule has 0 saturated carbocycles. The standard InChI is InChI=1S/C15H21NO2/c1-10-6-7-13(9-11(10)2)12(3)16-8-4-5-14(16)15(17)18/h6-7,9,12,14H,4-5,8H2,1-3H3,(H,17,18)/t12?,14-/m0/s1. The van der Waals surface area contributed by atoms with Crippen molar-refractivity contribution in [3.05, 3.63) is 34.9 Å². The number of nitrogens with zero attached hydrogens (tertiary/aromatic N) is 1. The Hall–Kier alpha value is -1.35. The Kier molecular flexibility index (Phi) is 3.71. The van der Waals surface area contributed by atoms with E-state index in [4.69, 9.17) is 0 Å². The third-order valence-electron chi connectivity index (χ3n) is 4.09. The van der Waals surface area contributed by atoms with Crippen molar-refractivity contribution in [2.75, 3.05) is 6.54 Å². The van der Waals surface area contributed by atoms with Gasteiger partial charge in [0.15, 0.2) is 0 Å². The Balaban J connectivity index is 2.22. The number of aryl methyl sites for hydroxylation is 2. The van der Waals surface area contributed by atoms with Gasteiger partial charge in [0.2, 0.25) is 0 Å². The molecule has 1 aliphatic heterocycles. The highest BCUT2D eigenvalue weighted by molar-refractivity contribution is 5.73. The molecular weight excluding hydrogens is 226 g/mol. The van der Waals surface area contributed by atoms with E-state index in [1.54, 1.807) is 0 Å². The molecule has 3 nitrogen and oxygen atoms in total. The van der Waals surface area contributed by atoms with Gasteiger partial charge in [0, 0.05) is 6.04 Å². The van der Waals surface area contributed by atoms with Crippen LogP contribution in [0.5, 0.6) is 0 Å². The second-order valence-corrected chi connectivity index (χ2v) is 5.25. The SMILES string of the molecule is Cc1ccc(C(C)N2CCC[C@H]2C(=O)O)cc1C. The number of rotatable bonds is 3. The van der Waals surface area contributed by atoms with Crippen molar-refractivity contribution in [1.29, 1.82) is 0 Å². The molecular formula is C15H21NO2. The van der Waals surface area contributed by atoms with Gasteiger partial charge < -0.3 is 5.11 Å². The Morgan fingerprint density at radius 1 is 1.39 bits per heavy atom. The minimum absolute atomic E-state index is 0.174. The highest BCUT2D eigenvalue weighted by atomic mass is 16.4. The van der Waals surface area contributed by atoms with Gasteiger partial charge in [-0.1, -0.05) is 18.2 Å². The van der Waals surface area contributed by atoms with Crippen molar-refractivity contribution in [2.24, 2.45) is 0 Å². The average Bonchev–Trinajstić information content (AvgIpc) is 2.81. The molecule has 2 atom stereocenters. The molecule has 98 valence electrons. The van der Waals surface area contributed by atoms with E-state index in [-0.39, 0.29) is 12.1 Å². The molecule has 0 bridgehead atoms. The van der Waals surface area contributed by atoms with Crippen molar-refractivity contribution < 1.29 is 9.90 Å². The average molecular weight is 247 g/mol. The largest absolute Gasteiger partial charge is 0.480 e. The van der Waals surface area contributed by atoms with Crippen LogP contribution >= 0.6 is 0 Å². The van der Waals surface area contributed by atoms with Gasteiger partial charge in [0.25, 0.3) is 0 Å². The van der Waals surface area contributed by atoms with Crippen LogP contribution in [-0.4, -0.2) is 28.6 Å². The third-order valence-corrected chi connectivity index (χ3v) is 4.09. The Morgan fingerprint density at radius 3 is 2.72 bits per heavy atom. The van der Waals surface area contributed by atoms with E-state index in [2.05, 4.69) is 43.9 Å². The fourth-order valence-corrected chi connectivity index (χ4v) is 2.73. The van der Waals surface area contributed by atoms with Crippen molar-refractivity contribution in [1.82, 2.24) is 4.90 Å². The molecule has 0 aromatic heterocycles. The summed E-state index contributed by atoms with van der Waals surface area (Å²) in [5, 5.41) is 9.24. The second kappa shape index (κ2) is 5.11. The fraction of sp³-hybridized carbons (Fsp3) is 0.533. The van der Waals surface area contributed by atoms with E-state index in [0.29, 0.717) is 0 Å². The lowest BCUT2D eigenvalue weighted by Gasteiger charge is -2.29. The number of hydrogen-bond donors (Lipinski definition) is 1. The van der Waals surface area contributed by atoms with Crippen LogP contribution in [-0.2, 0) is 4.79 Å². The smallest absolute Gasteiger partial charge is 0.320 e. The molecule has 1 N–H and O–H groups in total. The van der Waals surface area contributed by atoms with E-state index in [1.807, 2.05) is 0 Å². The lowest BCUT2D eigenvalue weighted by molar-refractivity contribution is -0.142. The topological polar surface area (TPSA) is 40.5 Å². The molecule has 1 unspecified atom stereocenters. The summed E-state index contributed by atoms with van der Waals surface area (Å²) in [4.78, 5) is 13.3. The fourth-order valence-electron chi connectivity index (χ4n) is 2.73. The summed E-state index contributed by atoms with van der Waals surface area (Å²) in [5.74, 6) is -0.691. The highest BCUT2D eigenvalue weighted by Crippen LogP contribution is 2.30. The zero-order chi connectivity index (χ0) is 13.3. The molecule has 0 spiro atoms. The molecule has 0 radical (unpaired) electrons. The van der Waals surface area contributed by atoms with Gasteiger partial charge in [-0.2, -0.15) is 0 Å². The molecule has 1 saturated heterocycles. The van der Waals surface area contributed by atoms with Crippen LogP contribution < -0.4 is 0 Å². The Morgan fingerprint density at radius 2 is 2.11 bits per heavy atom. The van der Waals surface area contributed by atoms with Gasteiger partial charge >= 0.3 is 5.97 Å². The van der Waals surface area contributed by atoms with Crippen molar-refractivity contribution >= 4 is 5.97 Å². The zero-order valence-electron chi connectivity index (χ0n) is 11.3. The third kappa shape index (κ3) is 2.41. The van der Waals surface area contributed by atoms with Crippen LogP contribution in [0.1, 0.15) is 42.5 Å². The first-order valence-corrected chi connectivity index (χ1v) is 6.56. The van der Waals surface area contributed by atoms with Crippen LogP contribution in [0, 0.1) is 13.8 Å². The number of carbonyl (C=O) groups is 1. The predicted molar refractivity (Wildman–Crippen MR) is 71.7 cm³/mol. The number of benzene rings is 1. The first-order chi connectivity index (χ1) is 8.50. The first kappa shape index (κ1) is 13.1. The van der Waals surface area contributed by atoms with Crippen LogP contribution in [0.15, 0.2) is 18.2 Å². The maximum Gasteiger partial charge on any atom is 0.320 e. The van der Waals surface area contributed by atoms with E-state index < -0.39 is 5.97 Å². The summed E-state index contributed by atoms with van der Waals surface area (Å²) in [6.45, 7) is 7.18. The lowest BCUT2D eigenvalue weighted by Crippen LogP contribution is -2.37. The molecule has 1 aliphatic rings. The van der Waals surface area contributed by atoms with Crippen molar-refractivity contribution in [2.45, 2.75) is 45.7 Å². The van der Waals surface area contributed by atoms with Crippen molar-refractivity contribution in [3.8, 4) is 0 Å². The Labute approximate surface area is 108 Å². The molecule has 3 heteroatoms. The van der Waals surface area contributed by atoms with Crippen LogP contribution in [0.4, 0.5) is 0 Å². The molecule has 1 aromatic rings. The molecule has 2 rings (SSSR count). The highest BCUT2D eigenvalue weighted by Gasteiger charge is 2.34. The monoisotopic (exact) mass is 247 g/mol. The summed E-state index contributed by atoms with van der Waals surface area (Å²) >= 11 is 0. The number of carboxylic acids is 1. The normalized spacial score (nSPS) is 22.1. The maximum atomic E-state index is 11.2. The number of hydrogen-bond acceptors (Lipinski definition) is 2. The first-order valence-electron chi connectivity index (χ1n) is 6.56. The number of likely N-dealkylation sites (tertiary alicyclic amines) is 1. The molecule has 1 aromatic carbocycles. The zero-order valence-corrected chi connectivity index (χ0v) is 11.3. The molecule has 1 fully saturated rings. The predicted octanol–water partition coefficient (Wildman–Crippen LogP) is 2.91. The van der Waals surface area contributed by atoms with Gasteiger partial charge in [-0.05, 0) is 56.8 Å². The van der Waals surface area contributed by atoms with Crippen molar-refractivity contribution in [3.63, 3.8) is 0 Å². The van der Waals surface area contributed by atoms with Crippen LogP contribution in [0.25, 0.3) is 0 Å². The van der Waals surface area contributed by atoms with E-state index in [0.717, 1.165) is 19.4 Å². The summed E-state index contributed by atoms with van der Waals surface area (Å²) in [5.41, 5.74) is 3.76. The number of carboxylic acid groups (broad SMARTS) is 1. The van der Waals surface area contributed by atoms with Gasteiger partial charge in [-0.3, -0.25) is 9.69 Å². The van der Waals surface area contributed by atoms with Gasteiger partial charge in [0.1, 0.15) is 6.04 Å². The van der Waals surface area contributed by atoms with Crippen LogP contribution in [0.3, 0.4) is 0 Å². The quantitative estimate of drug-likeness (QED) is 0.892. The summed E-state index contributed by atoms with van der Waals surface area (Å²) in [6, 6.07) is 6.27. The van der Waals surface area contributed by atoms with Gasteiger partial charge in [-0.25, -0.2) is 0 Å². The summed E-state index contributed by atoms with van der Waals surface area (Å²) in [7, 11) is 0. The second-order valence-electron chi connectivity index (χ2n) is 5.25. The maximum absolute atomic E-state index is 11.2. The summed E-state index contributed by atoms with van der Waals surface area (Å²) in [6.07, 6.45) is 1.75. The van der Waals surface area contributed by atoms with E-state index >= 15 is 0 Å². The minimum Gasteiger partial charge on any atom is -0.480 e. The molecule has 18 heavy (non-hydrogen) atoms. The van der Waals surface area contributed by atoms with E-state index in [1.165, 1.54) is 16.7 Å². The Bertz CT molecular complexity index is 456. The van der Waals surface area contributed by atoms with E-state index in [9.17, 15) is 9.90 Å². The number of aliphatic carboxylic acids is 1. The van der Waals surface area contributed by atoms with Gasteiger partial charge in [-0.15, -0.1) is 0 Å². The van der Waals surface area contributed by atoms with Gasteiger partial charge in [0.05, 0.1) is 0 Å².